The highest BCUT2D eigenvalue weighted by molar-refractivity contribution is 5.84. The summed E-state index contributed by atoms with van der Waals surface area (Å²) in [6, 6.07) is 15.3. The predicted octanol–water partition coefficient (Wildman–Crippen LogP) is 4.23. The number of hydrogen-bond donors (Lipinski definition) is 1. The summed E-state index contributed by atoms with van der Waals surface area (Å²) in [5.74, 6) is 4.36. The quantitative estimate of drug-likeness (QED) is 0.553. The molecule has 0 aliphatic carbocycles. The summed E-state index contributed by atoms with van der Waals surface area (Å²) >= 11 is 0. The van der Waals surface area contributed by atoms with Crippen LogP contribution in [0, 0.1) is 23.5 Å². The van der Waals surface area contributed by atoms with Crippen LogP contribution in [0.1, 0.15) is 22.5 Å². The third-order valence-electron chi connectivity index (χ3n) is 4.03. The van der Waals surface area contributed by atoms with E-state index in [1.807, 2.05) is 36.4 Å². The Morgan fingerprint density at radius 3 is 2.73 bits per heavy atom. The average molecular weight is 345 g/mol. The molecule has 0 unspecified atom stereocenters. The molecule has 0 bridgehead atoms. The van der Waals surface area contributed by atoms with Crippen molar-refractivity contribution in [2.75, 3.05) is 0 Å². The van der Waals surface area contributed by atoms with Crippen LogP contribution in [0.4, 0.5) is 8.78 Å². The van der Waals surface area contributed by atoms with Crippen LogP contribution >= 0.6 is 0 Å². The molecule has 2 heterocycles. The third-order valence-corrected chi connectivity index (χ3v) is 4.03. The molecular weight excluding hydrogens is 332 g/mol. The normalized spacial score (nSPS) is 10.5. The number of hydrogen-bond acceptors (Lipinski definition) is 2. The van der Waals surface area contributed by atoms with Crippen molar-refractivity contribution in [1.82, 2.24) is 15.2 Å². The maximum absolute atomic E-state index is 13.9. The van der Waals surface area contributed by atoms with Gasteiger partial charge in [0.2, 0.25) is 0 Å². The lowest BCUT2D eigenvalue weighted by atomic mass is 10.0. The summed E-state index contributed by atoms with van der Waals surface area (Å²) in [5.41, 5.74) is 3.25. The summed E-state index contributed by atoms with van der Waals surface area (Å²) in [4.78, 5) is 4.16. The number of aromatic nitrogens is 3. The van der Waals surface area contributed by atoms with Crippen LogP contribution < -0.4 is 0 Å². The molecule has 1 N–H and O–H groups in total. The minimum Gasteiger partial charge on any atom is -0.269 e. The smallest absolute Gasteiger partial charge is 0.162 e. The zero-order chi connectivity index (χ0) is 17.9. The minimum atomic E-state index is -0.839. The topological polar surface area (TPSA) is 41.6 Å². The Hall–Kier alpha value is -3.52. The molecule has 3 nitrogen and oxygen atoms in total. The van der Waals surface area contributed by atoms with Gasteiger partial charge >= 0.3 is 0 Å². The molecule has 126 valence electrons. The molecule has 0 aliphatic rings. The summed E-state index contributed by atoms with van der Waals surface area (Å²) in [6.45, 7) is 0. The van der Waals surface area contributed by atoms with E-state index in [0.29, 0.717) is 17.0 Å². The first kappa shape index (κ1) is 16.0. The van der Waals surface area contributed by atoms with E-state index in [1.165, 1.54) is 6.07 Å². The van der Waals surface area contributed by atoms with E-state index in [2.05, 4.69) is 27.0 Å². The monoisotopic (exact) mass is 345 g/mol. The molecule has 0 fully saturated rings. The number of H-pyrrole nitrogens is 1. The summed E-state index contributed by atoms with van der Waals surface area (Å²) in [7, 11) is 0. The Morgan fingerprint density at radius 1 is 0.962 bits per heavy atom. The lowest BCUT2D eigenvalue weighted by Crippen LogP contribution is -1.95. The van der Waals surface area contributed by atoms with Crippen molar-refractivity contribution in [2.24, 2.45) is 0 Å². The van der Waals surface area contributed by atoms with Crippen molar-refractivity contribution < 1.29 is 8.78 Å². The molecular formula is C21H13F2N3. The number of nitrogens with one attached hydrogen (secondary N) is 1. The van der Waals surface area contributed by atoms with Crippen LogP contribution in [0.2, 0.25) is 0 Å². The standard InChI is InChI=1S/C21H13F2N3/c22-18-6-3-4-15(21(18)23)12-14-7-9-19-17(13-14)20(26-25-19)10-8-16-5-1-2-11-24-16/h1-7,9,11,13H,12H2,(H,25,26). The van der Waals surface area contributed by atoms with Crippen molar-refractivity contribution in [1.29, 1.82) is 0 Å². The summed E-state index contributed by atoms with van der Waals surface area (Å²) in [5, 5.41) is 7.97. The zero-order valence-corrected chi connectivity index (χ0v) is 13.6. The first-order chi connectivity index (χ1) is 12.7. The fourth-order valence-electron chi connectivity index (χ4n) is 2.73. The molecule has 0 saturated heterocycles. The molecule has 4 rings (SSSR count). The number of rotatable bonds is 2. The minimum absolute atomic E-state index is 0.290. The molecule has 0 atom stereocenters. The zero-order valence-electron chi connectivity index (χ0n) is 13.6. The van der Waals surface area contributed by atoms with E-state index >= 15 is 0 Å². The van der Waals surface area contributed by atoms with Crippen LogP contribution in [0.25, 0.3) is 10.9 Å². The van der Waals surface area contributed by atoms with Crippen molar-refractivity contribution in [3.8, 4) is 11.8 Å². The van der Waals surface area contributed by atoms with Gasteiger partial charge in [0.15, 0.2) is 11.6 Å². The largest absolute Gasteiger partial charge is 0.269 e. The number of fused-ring (bicyclic) bond motifs is 1. The van der Waals surface area contributed by atoms with Crippen molar-refractivity contribution in [3.05, 3.63) is 94.9 Å². The Bertz CT molecular complexity index is 1140. The molecule has 0 amide bonds. The van der Waals surface area contributed by atoms with Crippen molar-refractivity contribution >= 4 is 10.9 Å². The SMILES string of the molecule is Fc1cccc(Cc2ccc3n[nH]c(C#Cc4ccccn4)c3c2)c1F. The third kappa shape index (κ3) is 3.17. The van der Waals surface area contributed by atoms with Gasteiger partial charge in [-0.3, -0.25) is 5.10 Å². The van der Waals surface area contributed by atoms with Gasteiger partial charge in [0.1, 0.15) is 11.4 Å². The predicted molar refractivity (Wildman–Crippen MR) is 95.5 cm³/mol. The number of benzene rings is 2. The number of pyridine rings is 1. The van der Waals surface area contributed by atoms with Crippen molar-refractivity contribution in [2.45, 2.75) is 6.42 Å². The molecule has 0 spiro atoms. The Kier molecular flexibility index (Phi) is 4.16. The number of nitrogens with zero attached hydrogens (tertiary/aromatic N) is 2. The average Bonchev–Trinajstić information content (AvgIpc) is 3.07. The first-order valence-electron chi connectivity index (χ1n) is 8.03. The van der Waals surface area contributed by atoms with Gasteiger partial charge in [0.25, 0.3) is 0 Å². The highest BCUT2D eigenvalue weighted by Crippen LogP contribution is 2.21. The second kappa shape index (κ2) is 6.77. The van der Waals surface area contributed by atoms with Crippen LogP contribution in [0.15, 0.2) is 60.8 Å². The molecule has 2 aromatic heterocycles. The summed E-state index contributed by atoms with van der Waals surface area (Å²) < 4.78 is 27.3. The van der Waals surface area contributed by atoms with Gasteiger partial charge in [-0.05, 0) is 53.3 Å². The van der Waals surface area contributed by atoms with E-state index in [4.69, 9.17) is 0 Å². The van der Waals surface area contributed by atoms with E-state index in [1.54, 1.807) is 12.3 Å². The van der Waals surface area contributed by atoms with E-state index in [-0.39, 0.29) is 6.42 Å². The molecule has 0 radical (unpaired) electrons. The number of aromatic amines is 1. The maximum atomic E-state index is 13.9. The Balaban J connectivity index is 1.69. The first-order valence-corrected chi connectivity index (χ1v) is 8.03. The van der Waals surface area contributed by atoms with Crippen LogP contribution in [0.5, 0.6) is 0 Å². The fraction of sp³-hybridized carbons (Fsp3) is 0.0476. The highest BCUT2D eigenvalue weighted by atomic mass is 19.2. The molecule has 0 aliphatic heterocycles. The van der Waals surface area contributed by atoms with E-state index in [0.717, 1.165) is 22.5 Å². The van der Waals surface area contributed by atoms with Gasteiger partial charge in [0, 0.05) is 18.0 Å². The lowest BCUT2D eigenvalue weighted by molar-refractivity contribution is 0.501. The Labute approximate surface area is 148 Å². The second-order valence-electron chi connectivity index (χ2n) is 5.80. The Morgan fingerprint density at radius 2 is 1.88 bits per heavy atom. The van der Waals surface area contributed by atoms with Crippen LogP contribution in [-0.2, 0) is 6.42 Å². The lowest BCUT2D eigenvalue weighted by Gasteiger charge is -2.04. The van der Waals surface area contributed by atoms with Gasteiger partial charge < -0.3 is 0 Å². The van der Waals surface area contributed by atoms with Gasteiger partial charge in [-0.2, -0.15) is 5.10 Å². The van der Waals surface area contributed by atoms with Gasteiger partial charge in [0.05, 0.1) is 5.52 Å². The molecule has 4 aromatic rings. The van der Waals surface area contributed by atoms with Gasteiger partial charge in [-0.15, -0.1) is 0 Å². The fourth-order valence-corrected chi connectivity index (χ4v) is 2.73. The highest BCUT2D eigenvalue weighted by Gasteiger charge is 2.10. The van der Waals surface area contributed by atoms with E-state index < -0.39 is 11.6 Å². The molecule has 2 aromatic carbocycles. The van der Waals surface area contributed by atoms with Crippen LogP contribution in [0.3, 0.4) is 0 Å². The van der Waals surface area contributed by atoms with Gasteiger partial charge in [-0.25, -0.2) is 13.8 Å². The second-order valence-corrected chi connectivity index (χ2v) is 5.80. The maximum Gasteiger partial charge on any atom is 0.162 e. The molecule has 26 heavy (non-hydrogen) atoms. The molecule has 5 heteroatoms. The van der Waals surface area contributed by atoms with Crippen LogP contribution in [-0.4, -0.2) is 15.2 Å². The number of halogens is 2. The van der Waals surface area contributed by atoms with Crippen molar-refractivity contribution in [3.63, 3.8) is 0 Å². The van der Waals surface area contributed by atoms with E-state index in [9.17, 15) is 8.78 Å². The summed E-state index contributed by atoms with van der Waals surface area (Å²) in [6.07, 6.45) is 1.97. The van der Waals surface area contributed by atoms with Gasteiger partial charge in [-0.1, -0.05) is 24.3 Å². The molecule has 0 saturated carbocycles.